The van der Waals surface area contributed by atoms with E-state index in [1.807, 2.05) is 6.92 Å². The van der Waals surface area contributed by atoms with E-state index in [1.165, 1.54) is 4.31 Å². The number of nitrogens with zero attached hydrogens (tertiary/aromatic N) is 1. The third-order valence-electron chi connectivity index (χ3n) is 2.66. The Morgan fingerprint density at radius 3 is 2.71 bits per heavy atom. The van der Waals surface area contributed by atoms with E-state index in [0.29, 0.717) is 31.2 Å². The van der Waals surface area contributed by atoms with E-state index < -0.39 is 10.0 Å². The predicted octanol–water partition coefficient (Wildman–Crippen LogP) is 1.20. The van der Waals surface area contributed by atoms with Gasteiger partial charge in [-0.2, -0.15) is 4.31 Å². The van der Waals surface area contributed by atoms with Crippen LogP contribution in [-0.4, -0.2) is 39.0 Å². The smallest absolute Gasteiger partial charge is 0.243 e. The second-order valence-corrected chi connectivity index (χ2v) is 5.85. The highest BCUT2D eigenvalue weighted by Gasteiger charge is 2.26. The minimum absolute atomic E-state index is 0.309. The molecule has 0 N–H and O–H groups in total. The predicted molar refractivity (Wildman–Crippen MR) is 65.8 cm³/mol. The molecular weight excluding hydrogens is 238 g/mol. The molecule has 92 valence electrons. The van der Waals surface area contributed by atoms with Crippen molar-refractivity contribution in [2.24, 2.45) is 0 Å². The molecule has 0 aromatic rings. The van der Waals surface area contributed by atoms with E-state index in [1.54, 1.807) is 24.3 Å². The van der Waals surface area contributed by atoms with E-state index >= 15 is 0 Å². The first kappa shape index (κ1) is 12.3. The van der Waals surface area contributed by atoms with Gasteiger partial charge in [0.25, 0.3) is 0 Å². The Balaban J connectivity index is 2.25. The van der Waals surface area contributed by atoms with Gasteiger partial charge in [-0.1, -0.05) is 6.08 Å². The van der Waals surface area contributed by atoms with Gasteiger partial charge in [-0.3, -0.25) is 0 Å². The highest BCUT2D eigenvalue weighted by Crippen LogP contribution is 2.18. The number of morpholine rings is 1. The number of hydrogen-bond donors (Lipinski definition) is 0. The average Bonchev–Trinajstić information content (AvgIpc) is 2.55. The minimum atomic E-state index is -3.39. The van der Waals surface area contributed by atoms with Crippen LogP contribution >= 0.6 is 0 Å². The molecule has 5 heteroatoms. The Kier molecular flexibility index (Phi) is 3.64. The quantitative estimate of drug-likeness (QED) is 0.695. The lowest BCUT2D eigenvalue weighted by Crippen LogP contribution is -2.40. The molecule has 0 bridgehead atoms. The van der Waals surface area contributed by atoms with Crippen LogP contribution in [-0.2, 0) is 14.8 Å². The molecule has 0 spiro atoms. The van der Waals surface area contributed by atoms with Crippen LogP contribution in [0, 0.1) is 0 Å². The molecule has 0 radical (unpaired) electrons. The number of sulfonamides is 1. The van der Waals surface area contributed by atoms with E-state index in [-0.39, 0.29) is 0 Å². The lowest BCUT2D eigenvalue weighted by Gasteiger charge is -2.26. The average molecular weight is 253 g/mol. The fraction of sp³-hybridized carbons (Fsp3) is 0.417. The highest BCUT2D eigenvalue weighted by molar-refractivity contribution is 7.93. The van der Waals surface area contributed by atoms with Gasteiger partial charge in [0.2, 0.25) is 10.0 Å². The first-order valence-corrected chi connectivity index (χ1v) is 6.94. The highest BCUT2D eigenvalue weighted by atomic mass is 32.2. The Morgan fingerprint density at radius 1 is 1.29 bits per heavy atom. The SMILES string of the molecule is CC1=C=CC=C(S(=O)(=O)N2CCOCC2)C=C1. The first-order valence-electron chi connectivity index (χ1n) is 5.50. The molecule has 0 aromatic heterocycles. The van der Waals surface area contributed by atoms with Crippen molar-refractivity contribution in [3.63, 3.8) is 0 Å². The zero-order valence-corrected chi connectivity index (χ0v) is 10.5. The van der Waals surface area contributed by atoms with Crippen LogP contribution in [0.15, 0.2) is 40.5 Å². The second kappa shape index (κ2) is 5.02. The monoisotopic (exact) mass is 253 g/mol. The largest absolute Gasteiger partial charge is 0.379 e. The van der Waals surface area contributed by atoms with Gasteiger partial charge >= 0.3 is 0 Å². The minimum Gasteiger partial charge on any atom is -0.379 e. The van der Waals surface area contributed by atoms with Crippen LogP contribution in [0.5, 0.6) is 0 Å². The van der Waals surface area contributed by atoms with Gasteiger partial charge in [-0.25, -0.2) is 8.42 Å². The molecule has 1 heterocycles. The van der Waals surface area contributed by atoms with Gasteiger partial charge < -0.3 is 4.74 Å². The lowest BCUT2D eigenvalue weighted by atomic mass is 10.3. The summed E-state index contributed by atoms with van der Waals surface area (Å²) in [5.74, 6) is 0. The third kappa shape index (κ3) is 2.76. The summed E-state index contributed by atoms with van der Waals surface area (Å²) in [5.41, 5.74) is 3.88. The summed E-state index contributed by atoms with van der Waals surface area (Å²) in [6.07, 6.45) is 6.60. The Bertz CT molecular complexity index is 516. The molecule has 1 aliphatic carbocycles. The summed E-state index contributed by atoms with van der Waals surface area (Å²) >= 11 is 0. The molecule has 17 heavy (non-hydrogen) atoms. The molecular formula is C12H15NO3S. The maximum Gasteiger partial charge on any atom is 0.243 e. The van der Waals surface area contributed by atoms with E-state index in [0.717, 1.165) is 5.57 Å². The fourth-order valence-corrected chi connectivity index (χ4v) is 3.08. The summed E-state index contributed by atoms with van der Waals surface area (Å²) in [6, 6.07) is 0. The molecule has 0 atom stereocenters. The van der Waals surface area contributed by atoms with Gasteiger partial charge in [0.1, 0.15) is 0 Å². The van der Waals surface area contributed by atoms with Gasteiger partial charge in [0.05, 0.1) is 18.1 Å². The third-order valence-corrected chi connectivity index (χ3v) is 4.58. The molecule has 0 amide bonds. The summed E-state index contributed by atoms with van der Waals surface area (Å²) in [7, 11) is -3.39. The van der Waals surface area contributed by atoms with Gasteiger partial charge in [-0.05, 0) is 30.7 Å². The standard InChI is InChI=1S/C12H15NO3S/c1-11-3-2-4-12(6-5-11)17(14,15)13-7-9-16-10-8-13/h2,4-6H,7-10H2,1H3. The van der Waals surface area contributed by atoms with Gasteiger partial charge in [-0.15, -0.1) is 5.73 Å². The van der Waals surface area contributed by atoms with Gasteiger partial charge in [0, 0.05) is 13.1 Å². The van der Waals surface area contributed by atoms with Crippen molar-refractivity contribution in [2.75, 3.05) is 26.3 Å². The molecule has 1 fully saturated rings. The van der Waals surface area contributed by atoms with Crippen molar-refractivity contribution in [3.05, 3.63) is 40.5 Å². The van der Waals surface area contributed by atoms with Crippen LogP contribution < -0.4 is 0 Å². The molecule has 0 unspecified atom stereocenters. The Morgan fingerprint density at radius 2 is 2.00 bits per heavy atom. The molecule has 0 aromatic carbocycles. The van der Waals surface area contributed by atoms with E-state index in [9.17, 15) is 8.42 Å². The van der Waals surface area contributed by atoms with Crippen molar-refractivity contribution in [1.82, 2.24) is 4.31 Å². The van der Waals surface area contributed by atoms with Crippen molar-refractivity contribution in [3.8, 4) is 0 Å². The summed E-state index contributed by atoms with van der Waals surface area (Å²) < 4.78 is 31.2. The molecule has 4 nitrogen and oxygen atoms in total. The Labute approximate surface area is 102 Å². The zero-order valence-electron chi connectivity index (χ0n) is 9.72. The van der Waals surface area contributed by atoms with Crippen LogP contribution in [0.1, 0.15) is 6.92 Å². The molecule has 2 rings (SSSR count). The maximum absolute atomic E-state index is 12.3. The molecule has 0 saturated carbocycles. The van der Waals surface area contributed by atoms with E-state index in [2.05, 4.69) is 5.73 Å². The van der Waals surface area contributed by atoms with Crippen LogP contribution in [0.2, 0.25) is 0 Å². The summed E-state index contributed by atoms with van der Waals surface area (Å²) in [6.45, 7) is 3.64. The molecule has 1 saturated heterocycles. The topological polar surface area (TPSA) is 46.6 Å². The first-order chi connectivity index (χ1) is 8.10. The fourth-order valence-electron chi connectivity index (χ4n) is 1.67. The van der Waals surface area contributed by atoms with Crippen molar-refractivity contribution >= 4 is 10.0 Å². The van der Waals surface area contributed by atoms with E-state index in [4.69, 9.17) is 4.74 Å². The zero-order chi connectivity index (χ0) is 12.3. The van der Waals surface area contributed by atoms with Crippen LogP contribution in [0.25, 0.3) is 0 Å². The summed E-state index contributed by atoms with van der Waals surface area (Å²) in [4.78, 5) is 0.309. The van der Waals surface area contributed by atoms with Crippen LogP contribution in [0.3, 0.4) is 0 Å². The lowest BCUT2D eigenvalue weighted by molar-refractivity contribution is 0.0734. The van der Waals surface area contributed by atoms with Crippen molar-refractivity contribution in [1.29, 1.82) is 0 Å². The Hall–Kier alpha value is -1.13. The normalized spacial score (nSPS) is 21.9. The van der Waals surface area contributed by atoms with Crippen LogP contribution in [0.4, 0.5) is 0 Å². The maximum atomic E-state index is 12.3. The van der Waals surface area contributed by atoms with Crippen molar-refractivity contribution < 1.29 is 13.2 Å². The number of hydrogen-bond acceptors (Lipinski definition) is 3. The van der Waals surface area contributed by atoms with Crippen molar-refractivity contribution in [2.45, 2.75) is 6.92 Å². The van der Waals surface area contributed by atoms with Gasteiger partial charge in [0.15, 0.2) is 0 Å². The number of ether oxygens (including phenoxy) is 1. The molecule has 2 aliphatic rings. The number of rotatable bonds is 2. The summed E-state index contributed by atoms with van der Waals surface area (Å²) in [5, 5.41) is 0. The number of allylic oxidation sites excluding steroid dienone is 4. The molecule has 1 aliphatic heterocycles. The second-order valence-electron chi connectivity index (χ2n) is 3.91.